The molecule has 0 radical (unpaired) electrons. The molecule has 0 spiro atoms. The third kappa shape index (κ3) is 3.57. The number of Topliss-reactive ketones (excluding diaryl/α,β-unsaturated/α-hetero) is 1. The Bertz CT molecular complexity index is 923. The van der Waals surface area contributed by atoms with Gasteiger partial charge in [-0.2, -0.15) is 5.10 Å². The van der Waals surface area contributed by atoms with Gasteiger partial charge in [0, 0.05) is 28.1 Å². The molecule has 0 saturated heterocycles. The second-order valence-electron chi connectivity index (χ2n) is 5.55. The molecule has 0 unspecified atom stereocenters. The van der Waals surface area contributed by atoms with Gasteiger partial charge in [0.25, 0.3) is 0 Å². The number of halogens is 1. The van der Waals surface area contributed by atoms with E-state index in [-0.39, 0.29) is 5.78 Å². The molecule has 0 fully saturated rings. The maximum absolute atomic E-state index is 12.4. The highest BCUT2D eigenvalue weighted by atomic mass is 35.5. The van der Waals surface area contributed by atoms with Crippen LogP contribution < -0.4 is 0 Å². The van der Waals surface area contributed by atoms with Crippen LogP contribution in [0.1, 0.15) is 35.5 Å². The highest BCUT2D eigenvalue weighted by molar-refractivity contribution is 6.30. The Morgan fingerprint density at radius 1 is 1.08 bits per heavy atom. The highest BCUT2D eigenvalue weighted by Crippen LogP contribution is 2.28. The Morgan fingerprint density at radius 2 is 1.80 bits per heavy atom. The van der Waals surface area contributed by atoms with Gasteiger partial charge in [-0.25, -0.2) is 0 Å². The van der Waals surface area contributed by atoms with E-state index < -0.39 is 0 Å². The number of fused-ring (bicyclic) bond motifs is 1. The molecule has 0 amide bonds. The topological polar surface area (TPSA) is 45.8 Å². The van der Waals surface area contributed by atoms with Crippen LogP contribution in [-0.2, 0) is 6.42 Å². The average molecular weight is 351 g/mol. The first-order valence-electron chi connectivity index (χ1n) is 8.35. The van der Waals surface area contributed by atoms with E-state index in [0.717, 1.165) is 33.7 Å². The summed E-state index contributed by atoms with van der Waals surface area (Å²) >= 11 is 5.90. The monoisotopic (exact) mass is 350 g/mol. The van der Waals surface area contributed by atoms with E-state index in [2.05, 4.69) is 10.2 Å². The molecule has 1 aromatic heterocycles. The predicted octanol–water partition coefficient (Wildman–Crippen LogP) is 5.58. The summed E-state index contributed by atoms with van der Waals surface area (Å²) in [4.78, 5) is 12.4. The van der Waals surface area contributed by atoms with Gasteiger partial charge < -0.3 is 0 Å². The van der Waals surface area contributed by atoms with E-state index in [0.29, 0.717) is 11.4 Å². The van der Waals surface area contributed by atoms with Gasteiger partial charge >= 0.3 is 0 Å². The molecule has 3 nitrogen and oxygen atoms in total. The molecule has 1 heterocycles. The molecule has 25 heavy (non-hydrogen) atoms. The third-order valence-corrected chi connectivity index (χ3v) is 4.25. The number of aromatic amines is 1. The minimum absolute atomic E-state index is 0.100. The lowest BCUT2D eigenvalue weighted by atomic mass is 10.1. The number of nitrogens with one attached hydrogen (secondary N) is 1. The fraction of sp³-hybridized carbons (Fsp3) is 0.143. The van der Waals surface area contributed by atoms with E-state index in [1.165, 1.54) is 0 Å². The average Bonchev–Trinajstić information content (AvgIpc) is 3.23. The third-order valence-electron chi connectivity index (χ3n) is 4.00. The number of aromatic nitrogens is 2. The maximum atomic E-state index is 12.4. The molecule has 4 rings (SSSR count). The van der Waals surface area contributed by atoms with Crippen LogP contribution in [0.2, 0.25) is 5.02 Å². The summed E-state index contributed by atoms with van der Waals surface area (Å²) in [5.74, 6) is 0.100. The Kier molecular flexibility index (Phi) is 5.15. The fourth-order valence-corrected chi connectivity index (χ4v) is 2.96. The zero-order valence-corrected chi connectivity index (χ0v) is 15.0. The first kappa shape index (κ1) is 17.2. The van der Waals surface area contributed by atoms with Crippen LogP contribution in [0.4, 0.5) is 0 Å². The van der Waals surface area contributed by atoms with Gasteiger partial charge in [0.15, 0.2) is 5.78 Å². The molecule has 1 aliphatic carbocycles. The number of hydrogen-bond acceptors (Lipinski definition) is 2. The number of benzene rings is 2. The van der Waals surface area contributed by atoms with Gasteiger partial charge in [-0.05, 0) is 29.8 Å². The number of nitrogens with zero attached hydrogens (tertiary/aromatic N) is 1. The van der Waals surface area contributed by atoms with Crippen LogP contribution in [0.15, 0.2) is 60.2 Å². The molecular weight excluding hydrogens is 332 g/mol. The summed E-state index contributed by atoms with van der Waals surface area (Å²) in [5.41, 5.74) is 5.31. The number of rotatable bonds is 2. The van der Waals surface area contributed by atoms with Crippen molar-refractivity contribution in [2.45, 2.75) is 20.3 Å². The van der Waals surface area contributed by atoms with Gasteiger partial charge in [0.1, 0.15) is 0 Å². The summed E-state index contributed by atoms with van der Waals surface area (Å²) in [5, 5.41) is 7.99. The zero-order valence-electron chi connectivity index (χ0n) is 14.2. The lowest BCUT2D eigenvalue weighted by molar-refractivity contribution is 0.104. The maximum Gasteiger partial charge on any atom is 0.189 e. The molecule has 0 bridgehead atoms. The Morgan fingerprint density at radius 3 is 2.52 bits per heavy atom. The van der Waals surface area contributed by atoms with Crippen molar-refractivity contribution in [3.8, 4) is 11.3 Å². The van der Waals surface area contributed by atoms with Crippen molar-refractivity contribution in [1.29, 1.82) is 0 Å². The zero-order chi connectivity index (χ0) is 17.8. The highest BCUT2D eigenvalue weighted by Gasteiger charge is 2.24. The van der Waals surface area contributed by atoms with Crippen LogP contribution >= 0.6 is 11.6 Å². The van der Waals surface area contributed by atoms with Crippen LogP contribution in [-0.4, -0.2) is 16.0 Å². The number of carbonyl (C=O) groups excluding carboxylic acids is 1. The molecule has 0 atom stereocenters. The number of carbonyl (C=O) groups is 1. The normalized spacial score (nSPS) is 14.2. The molecule has 0 aliphatic heterocycles. The summed E-state index contributed by atoms with van der Waals surface area (Å²) in [6, 6.07) is 17.2. The van der Waals surface area contributed by atoms with Gasteiger partial charge in [0.05, 0.1) is 11.4 Å². The first-order valence-corrected chi connectivity index (χ1v) is 8.73. The quantitative estimate of drug-likeness (QED) is 0.613. The number of allylic oxidation sites excluding steroid dienone is 1. The lowest BCUT2D eigenvalue weighted by Gasteiger charge is -1.95. The second-order valence-corrected chi connectivity index (χ2v) is 5.98. The molecule has 126 valence electrons. The van der Waals surface area contributed by atoms with Crippen LogP contribution in [0.25, 0.3) is 17.3 Å². The smallest absolute Gasteiger partial charge is 0.189 e. The van der Waals surface area contributed by atoms with E-state index >= 15 is 0 Å². The second kappa shape index (κ2) is 7.49. The van der Waals surface area contributed by atoms with Crippen molar-refractivity contribution < 1.29 is 4.79 Å². The molecule has 0 saturated carbocycles. The minimum Gasteiger partial charge on any atom is -0.289 e. The summed E-state index contributed by atoms with van der Waals surface area (Å²) in [6.07, 6.45) is 2.55. The Balaban J connectivity index is 0.000000880. The van der Waals surface area contributed by atoms with E-state index in [9.17, 15) is 4.79 Å². The van der Waals surface area contributed by atoms with Crippen molar-refractivity contribution in [2.24, 2.45) is 0 Å². The minimum atomic E-state index is 0.100. The predicted molar refractivity (Wildman–Crippen MR) is 103 cm³/mol. The van der Waals surface area contributed by atoms with Gasteiger partial charge in [-0.1, -0.05) is 61.8 Å². The summed E-state index contributed by atoms with van der Waals surface area (Å²) < 4.78 is 0. The van der Waals surface area contributed by atoms with Gasteiger partial charge in [-0.15, -0.1) is 0 Å². The van der Waals surface area contributed by atoms with E-state index in [1.807, 2.05) is 74.5 Å². The van der Waals surface area contributed by atoms with Crippen molar-refractivity contribution in [1.82, 2.24) is 10.2 Å². The van der Waals surface area contributed by atoms with E-state index in [4.69, 9.17) is 11.6 Å². The molecule has 3 aromatic rings. The van der Waals surface area contributed by atoms with E-state index in [1.54, 1.807) is 0 Å². The summed E-state index contributed by atoms with van der Waals surface area (Å²) in [6.45, 7) is 4.00. The van der Waals surface area contributed by atoms with Crippen LogP contribution in [0, 0.1) is 0 Å². The van der Waals surface area contributed by atoms with Gasteiger partial charge in [-0.3, -0.25) is 9.89 Å². The van der Waals surface area contributed by atoms with Crippen LogP contribution in [0.5, 0.6) is 0 Å². The molecule has 1 N–H and O–H groups in total. The number of ketones is 1. The van der Waals surface area contributed by atoms with Gasteiger partial charge in [0.2, 0.25) is 0 Å². The van der Waals surface area contributed by atoms with Crippen molar-refractivity contribution in [3.63, 3.8) is 0 Å². The van der Waals surface area contributed by atoms with Crippen molar-refractivity contribution in [3.05, 3.63) is 82.0 Å². The standard InChI is InChI=1S/C19H13ClN2O.C2H6/c20-15-7-5-12(6-8-15)18-11-16(21-22-18)10-14-9-13-3-1-2-4-17(13)19(14)23;1-2/h1-8,10-11H,9H2,(H,21,22);1-2H3/b14-10+;. The first-order chi connectivity index (χ1) is 12.2. The van der Waals surface area contributed by atoms with Crippen molar-refractivity contribution >= 4 is 23.5 Å². The Labute approximate surface area is 152 Å². The number of hydrogen-bond donors (Lipinski definition) is 1. The lowest BCUT2D eigenvalue weighted by Crippen LogP contribution is -1.94. The Hall–Kier alpha value is -2.65. The molecule has 1 aliphatic rings. The fourth-order valence-electron chi connectivity index (χ4n) is 2.84. The SMILES string of the molecule is CC.O=C1/C(=C/c2cc(-c3ccc(Cl)cc3)n[nH]2)Cc2ccccc21. The largest absolute Gasteiger partial charge is 0.289 e. The molecule has 2 aromatic carbocycles. The molecule has 4 heteroatoms. The van der Waals surface area contributed by atoms with Crippen molar-refractivity contribution in [2.75, 3.05) is 0 Å². The van der Waals surface area contributed by atoms with Crippen LogP contribution in [0.3, 0.4) is 0 Å². The molecular formula is C21H19ClN2O. The summed E-state index contributed by atoms with van der Waals surface area (Å²) in [7, 11) is 0. The number of H-pyrrole nitrogens is 1.